The number of nitrogens with one attached hydrogen (secondary N) is 1. The van der Waals surface area contributed by atoms with Crippen LogP contribution in [0, 0.1) is 6.92 Å². The van der Waals surface area contributed by atoms with Gasteiger partial charge in [0.05, 0.1) is 39.9 Å². The van der Waals surface area contributed by atoms with E-state index in [9.17, 15) is 13.2 Å². The highest BCUT2D eigenvalue weighted by molar-refractivity contribution is 7.91. The van der Waals surface area contributed by atoms with Gasteiger partial charge in [0.25, 0.3) is 5.91 Å². The lowest BCUT2D eigenvalue weighted by Gasteiger charge is -2.12. The molecule has 1 saturated carbocycles. The van der Waals surface area contributed by atoms with Crippen molar-refractivity contribution in [3.8, 4) is 5.69 Å². The summed E-state index contributed by atoms with van der Waals surface area (Å²) in [6, 6.07) is 8.82. The Bertz CT molecular complexity index is 1520. The molecule has 1 amide bonds. The summed E-state index contributed by atoms with van der Waals surface area (Å²) in [6.07, 6.45) is 4.03. The molecule has 12 heteroatoms. The van der Waals surface area contributed by atoms with E-state index in [0.29, 0.717) is 46.0 Å². The first-order chi connectivity index (χ1) is 16.4. The second-order valence-electron chi connectivity index (χ2n) is 8.91. The number of hydrogen-bond donors (Lipinski definition) is 1. The number of aryl methyl sites for hydroxylation is 1. The topological polar surface area (TPSA) is 138 Å². The van der Waals surface area contributed by atoms with Crippen LogP contribution in [0.4, 0.5) is 5.69 Å². The second-order valence-corrected chi connectivity index (χ2v) is 11.1. The molecule has 2 aliphatic rings. The van der Waals surface area contributed by atoms with Gasteiger partial charge in [0, 0.05) is 17.3 Å². The van der Waals surface area contributed by atoms with E-state index < -0.39 is 9.84 Å². The molecule has 0 radical (unpaired) electrons. The lowest BCUT2D eigenvalue weighted by molar-refractivity contribution is 0.102. The molecule has 1 saturated heterocycles. The van der Waals surface area contributed by atoms with Crippen LogP contribution in [-0.2, 0) is 9.84 Å². The fourth-order valence-electron chi connectivity index (χ4n) is 4.53. The molecule has 4 heterocycles. The first kappa shape index (κ1) is 20.9. The van der Waals surface area contributed by atoms with Crippen LogP contribution in [0.1, 0.15) is 53.0 Å². The largest absolute Gasteiger partial charge is 0.322 e. The molecular weight excluding hydrogens is 456 g/mol. The number of aromatic nitrogens is 7. The van der Waals surface area contributed by atoms with Crippen LogP contribution in [0.3, 0.4) is 0 Å². The summed E-state index contributed by atoms with van der Waals surface area (Å²) in [5, 5.41) is 19.5. The summed E-state index contributed by atoms with van der Waals surface area (Å²) in [4.78, 5) is 18.3. The van der Waals surface area contributed by atoms with Gasteiger partial charge in [0.2, 0.25) is 0 Å². The standard InChI is InChI=1S/C22H22N8O3S/c1-13-20-18(22(31)24-15-3-2-4-16(9-15)29-12-23-27-28-29)10-19(14-5-6-14)25-21(20)30(26-13)17-7-8-34(32,33)11-17/h2-4,9-10,12,14,17H,5-8,11H2,1H3,(H,24,31)/t17-/m0/s1. The van der Waals surface area contributed by atoms with Crippen LogP contribution in [0.25, 0.3) is 16.7 Å². The Morgan fingerprint density at radius 2 is 2.03 bits per heavy atom. The summed E-state index contributed by atoms with van der Waals surface area (Å²) < 4.78 is 27.4. The van der Waals surface area contributed by atoms with Crippen LogP contribution in [0.5, 0.6) is 0 Å². The number of carbonyl (C=O) groups is 1. The van der Waals surface area contributed by atoms with Crippen LogP contribution < -0.4 is 5.32 Å². The van der Waals surface area contributed by atoms with Gasteiger partial charge in [-0.3, -0.25) is 4.79 Å². The summed E-state index contributed by atoms with van der Waals surface area (Å²) in [5.74, 6) is 0.231. The minimum absolute atomic E-state index is 0.0457. The molecule has 4 aromatic rings. The normalized spacial score (nSPS) is 19.5. The Morgan fingerprint density at radius 1 is 1.18 bits per heavy atom. The molecule has 1 atom stereocenters. The predicted octanol–water partition coefficient (Wildman–Crippen LogP) is 2.20. The maximum absolute atomic E-state index is 13.5. The Balaban J connectivity index is 1.40. The number of nitrogens with zero attached hydrogens (tertiary/aromatic N) is 7. The third-order valence-corrected chi connectivity index (χ3v) is 8.12. The number of rotatable bonds is 5. The molecule has 34 heavy (non-hydrogen) atoms. The molecule has 0 bridgehead atoms. The van der Waals surface area contributed by atoms with Crippen molar-refractivity contribution in [2.45, 2.75) is 38.1 Å². The first-order valence-electron chi connectivity index (χ1n) is 11.1. The Kier molecular flexibility index (Phi) is 4.73. The van der Waals surface area contributed by atoms with Crippen molar-refractivity contribution in [1.29, 1.82) is 0 Å². The highest BCUT2D eigenvalue weighted by atomic mass is 32.2. The van der Waals surface area contributed by atoms with Crippen molar-refractivity contribution < 1.29 is 13.2 Å². The Labute approximate surface area is 195 Å². The van der Waals surface area contributed by atoms with Crippen molar-refractivity contribution in [2.24, 2.45) is 0 Å². The minimum atomic E-state index is -3.09. The molecule has 1 N–H and O–H groups in total. The molecular formula is C22H22N8O3S. The summed E-state index contributed by atoms with van der Waals surface area (Å²) >= 11 is 0. The highest BCUT2D eigenvalue weighted by Gasteiger charge is 2.34. The van der Waals surface area contributed by atoms with Crippen molar-refractivity contribution in [3.63, 3.8) is 0 Å². The Morgan fingerprint density at radius 3 is 2.74 bits per heavy atom. The number of sulfone groups is 1. The smallest absolute Gasteiger partial charge is 0.256 e. The van der Waals surface area contributed by atoms with E-state index in [1.807, 2.05) is 25.1 Å². The van der Waals surface area contributed by atoms with Gasteiger partial charge >= 0.3 is 0 Å². The van der Waals surface area contributed by atoms with Gasteiger partial charge in [0.15, 0.2) is 15.5 Å². The molecule has 1 aliphatic carbocycles. The van der Waals surface area contributed by atoms with Crippen molar-refractivity contribution in [1.82, 2.24) is 35.0 Å². The second kappa shape index (κ2) is 7.69. The Hall–Kier alpha value is -3.67. The van der Waals surface area contributed by atoms with E-state index in [4.69, 9.17) is 4.98 Å². The van der Waals surface area contributed by atoms with Gasteiger partial charge in [-0.25, -0.2) is 22.8 Å². The predicted molar refractivity (Wildman–Crippen MR) is 124 cm³/mol. The van der Waals surface area contributed by atoms with Gasteiger partial charge in [-0.05, 0) is 60.9 Å². The molecule has 0 spiro atoms. The maximum Gasteiger partial charge on any atom is 0.256 e. The highest BCUT2D eigenvalue weighted by Crippen LogP contribution is 2.41. The van der Waals surface area contributed by atoms with E-state index in [0.717, 1.165) is 18.5 Å². The van der Waals surface area contributed by atoms with Crippen molar-refractivity contribution in [3.05, 3.63) is 53.6 Å². The van der Waals surface area contributed by atoms with Gasteiger partial charge < -0.3 is 5.32 Å². The molecule has 3 aromatic heterocycles. The van der Waals surface area contributed by atoms with Crippen molar-refractivity contribution >= 4 is 32.5 Å². The van der Waals surface area contributed by atoms with Crippen molar-refractivity contribution in [2.75, 3.05) is 16.8 Å². The third kappa shape index (κ3) is 3.73. The summed E-state index contributed by atoms with van der Waals surface area (Å²) in [5.41, 5.74) is 3.89. The average Bonchev–Trinajstić information content (AvgIpc) is 3.23. The number of benzene rings is 1. The molecule has 0 unspecified atom stereocenters. The summed E-state index contributed by atoms with van der Waals surface area (Å²) in [7, 11) is -3.09. The lowest BCUT2D eigenvalue weighted by Crippen LogP contribution is -2.15. The van der Waals surface area contributed by atoms with Crippen LogP contribution in [0.15, 0.2) is 36.7 Å². The fourth-order valence-corrected chi connectivity index (χ4v) is 6.22. The number of pyridine rings is 1. The fraction of sp³-hybridized carbons (Fsp3) is 0.364. The molecule has 1 aromatic carbocycles. The number of anilines is 1. The lowest BCUT2D eigenvalue weighted by atomic mass is 10.1. The quantitative estimate of drug-likeness (QED) is 0.461. The first-order valence-corrected chi connectivity index (χ1v) is 12.9. The van der Waals surface area contributed by atoms with E-state index in [1.165, 1.54) is 11.0 Å². The summed E-state index contributed by atoms with van der Waals surface area (Å²) in [6.45, 7) is 1.83. The van der Waals surface area contributed by atoms with Crippen LogP contribution >= 0.6 is 0 Å². The SMILES string of the molecule is Cc1nn([C@H]2CCS(=O)(=O)C2)c2nc(C3CC3)cc(C(=O)Nc3cccc(-n4cnnn4)c3)c12. The molecule has 1 aliphatic heterocycles. The van der Waals surface area contributed by atoms with E-state index in [1.54, 1.807) is 16.8 Å². The average molecular weight is 479 g/mol. The third-order valence-electron chi connectivity index (χ3n) is 6.37. The number of hydrogen-bond acceptors (Lipinski definition) is 8. The molecule has 2 fully saturated rings. The zero-order chi connectivity index (χ0) is 23.4. The molecule has 174 valence electrons. The number of carbonyl (C=O) groups excluding carboxylic acids is 1. The minimum Gasteiger partial charge on any atom is -0.322 e. The monoisotopic (exact) mass is 478 g/mol. The number of amides is 1. The maximum atomic E-state index is 13.5. The van der Waals surface area contributed by atoms with Gasteiger partial charge in [-0.1, -0.05) is 6.07 Å². The zero-order valence-electron chi connectivity index (χ0n) is 18.4. The molecule has 11 nitrogen and oxygen atoms in total. The van der Waals surface area contributed by atoms with E-state index >= 15 is 0 Å². The van der Waals surface area contributed by atoms with E-state index in [-0.39, 0.29) is 23.5 Å². The van der Waals surface area contributed by atoms with Crippen LogP contribution in [0.2, 0.25) is 0 Å². The zero-order valence-corrected chi connectivity index (χ0v) is 19.2. The van der Waals surface area contributed by atoms with Crippen LogP contribution in [-0.4, -0.2) is 60.8 Å². The number of tetrazole rings is 1. The van der Waals surface area contributed by atoms with Gasteiger partial charge in [-0.2, -0.15) is 5.10 Å². The van der Waals surface area contributed by atoms with Gasteiger partial charge in [0.1, 0.15) is 6.33 Å². The van der Waals surface area contributed by atoms with Gasteiger partial charge in [-0.15, -0.1) is 5.10 Å². The van der Waals surface area contributed by atoms with E-state index in [2.05, 4.69) is 25.9 Å². The number of fused-ring (bicyclic) bond motifs is 1. The molecule has 6 rings (SSSR count).